The Balaban J connectivity index is 2.23. The van der Waals surface area contributed by atoms with Crippen LogP contribution in [-0.2, 0) is 14.8 Å². The molecular weight excluding hydrogens is 420 g/mol. The molecule has 0 heterocycles. The molecule has 2 rings (SSSR count). The average Bonchev–Trinajstić information content (AvgIpc) is 2.69. The van der Waals surface area contributed by atoms with Gasteiger partial charge in [-0.15, -0.1) is 0 Å². The van der Waals surface area contributed by atoms with Crippen LogP contribution in [-0.4, -0.2) is 45.0 Å². The van der Waals surface area contributed by atoms with Crippen LogP contribution in [0, 0.1) is 6.92 Å². The van der Waals surface area contributed by atoms with E-state index in [2.05, 4.69) is 26.1 Å². The van der Waals surface area contributed by atoms with Crippen molar-refractivity contribution >= 4 is 33.4 Å². The third-order valence-electron chi connectivity index (χ3n) is 4.22. The molecule has 2 aromatic rings. The number of nitrogens with one attached hydrogen (secondary N) is 1. The lowest BCUT2D eigenvalue weighted by Gasteiger charge is -2.24. The zero-order valence-corrected chi connectivity index (χ0v) is 19.8. The fourth-order valence-electron chi connectivity index (χ4n) is 2.64. The zero-order chi connectivity index (χ0) is 22.4. The van der Waals surface area contributed by atoms with Crippen LogP contribution >= 0.6 is 11.8 Å². The summed E-state index contributed by atoms with van der Waals surface area (Å²) in [4.78, 5) is 12.7. The Kier molecular flexibility index (Phi) is 8.20. The lowest BCUT2D eigenvalue weighted by Crippen LogP contribution is -2.41. The molecule has 0 fully saturated rings. The van der Waals surface area contributed by atoms with Crippen molar-refractivity contribution in [3.63, 3.8) is 0 Å². The number of methoxy groups -OCH3 is 1. The van der Waals surface area contributed by atoms with Crippen molar-refractivity contribution in [2.24, 2.45) is 0 Å². The van der Waals surface area contributed by atoms with E-state index in [0.29, 0.717) is 18.0 Å². The molecule has 0 aliphatic rings. The smallest absolute Gasteiger partial charge is 0.264 e. The molecule has 2 aromatic carbocycles. The highest BCUT2D eigenvalue weighted by molar-refractivity contribution is 8.00. The van der Waals surface area contributed by atoms with Gasteiger partial charge in [-0.05, 0) is 43.3 Å². The van der Waals surface area contributed by atoms with Crippen LogP contribution in [0.4, 0.5) is 5.69 Å². The molecule has 30 heavy (non-hydrogen) atoms. The van der Waals surface area contributed by atoms with E-state index in [-0.39, 0.29) is 22.1 Å². The van der Waals surface area contributed by atoms with Crippen molar-refractivity contribution in [3.05, 3.63) is 54.1 Å². The molecule has 0 saturated carbocycles. The highest BCUT2D eigenvalue weighted by atomic mass is 32.2. The molecule has 0 unspecified atom stereocenters. The number of hydrogen-bond donors (Lipinski definition) is 1. The second kappa shape index (κ2) is 10.2. The minimum Gasteiger partial charge on any atom is -0.497 e. The molecule has 0 aliphatic heterocycles. The van der Waals surface area contributed by atoms with E-state index in [9.17, 15) is 13.2 Å². The summed E-state index contributed by atoms with van der Waals surface area (Å²) in [5, 5.41) is 2.82. The maximum absolute atomic E-state index is 13.3. The predicted molar refractivity (Wildman–Crippen MR) is 124 cm³/mol. The summed E-state index contributed by atoms with van der Waals surface area (Å²) in [7, 11) is -2.37. The van der Waals surface area contributed by atoms with Gasteiger partial charge >= 0.3 is 0 Å². The second-order valence-electron chi connectivity index (χ2n) is 7.83. The number of aryl methyl sites for hydroxylation is 1. The molecule has 1 amide bonds. The second-order valence-corrected chi connectivity index (χ2v) is 11.6. The van der Waals surface area contributed by atoms with Gasteiger partial charge < -0.3 is 10.1 Å². The molecular formula is C22H30N2O4S2. The molecule has 0 spiro atoms. The van der Waals surface area contributed by atoms with Gasteiger partial charge in [0.05, 0.1) is 17.7 Å². The van der Waals surface area contributed by atoms with Crippen LogP contribution in [0.15, 0.2) is 53.4 Å². The third-order valence-corrected chi connectivity index (χ3v) is 7.28. The van der Waals surface area contributed by atoms with Crippen molar-refractivity contribution in [1.82, 2.24) is 5.32 Å². The SMILES string of the molecule is COc1ccc(N(CC(=O)NCCSC(C)(C)C)S(=O)(=O)c2ccc(C)cc2)cc1. The molecule has 164 valence electrons. The molecule has 1 N–H and O–H groups in total. The molecule has 0 atom stereocenters. The van der Waals surface area contributed by atoms with Gasteiger partial charge in [-0.2, -0.15) is 11.8 Å². The fourth-order valence-corrected chi connectivity index (χ4v) is 4.87. The number of ether oxygens (including phenoxy) is 1. The van der Waals surface area contributed by atoms with E-state index in [0.717, 1.165) is 15.6 Å². The number of hydrogen-bond acceptors (Lipinski definition) is 5. The highest BCUT2D eigenvalue weighted by Gasteiger charge is 2.27. The first-order valence-corrected chi connectivity index (χ1v) is 12.1. The van der Waals surface area contributed by atoms with Crippen molar-refractivity contribution in [3.8, 4) is 5.75 Å². The van der Waals surface area contributed by atoms with Gasteiger partial charge in [-0.25, -0.2) is 8.42 Å². The number of nitrogens with zero attached hydrogens (tertiary/aromatic N) is 1. The molecule has 0 aliphatic carbocycles. The number of thioether (sulfide) groups is 1. The average molecular weight is 451 g/mol. The number of anilines is 1. The number of carbonyl (C=O) groups is 1. The first-order valence-electron chi connectivity index (χ1n) is 9.67. The van der Waals surface area contributed by atoms with Gasteiger partial charge in [0.15, 0.2) is 0 Å². The normalized spacial score (nSPS) is 11.8. The van der Waals surface area contributed by atoms with Crippen LogP contribution < -0.4 is 14.4 Å². The van der Waals surface area contributed by atoms with E-state index in [1.165, 1.54) is 0 Å². The molecule has 0 saturated heterocycles. The van der Waals surface area contributed by atoms with Crippen molar-refractivity contribution in [2.45, 2.75) is 37.3 Å². The Labute approximate surface area is 184 Å². The zero-order valence-electron chi connectivity index (χ0n) is 18.1. The lowest BCUT2D eigenvalue weighted by atomic mass is 10.2. The van der Waals surface area contributed by atoms with Crippen LogP contribution in [0.1, 0.15) is 26.3 Å². The van der Waals surface area contributed by atoms with Crippen LogP contribution in [0.5, 0.6) is 5.75 Å². The first kappa shape index (κ1) is 24.1. The molecule has 6 nitrogen and oxygen atoms in total. The first-order chi connectivity index (χ1) is 14.0. The quantitative estimate of drug-likeness (QED) is 0.588. The van der Waals surface area contributed by atoms with E-state index in [4.69, 9.17) is 4.74 Å². The van der Waals surface area contributed by atoms with Gasteiger partial charge in [-0.1, -0.05) is 38.5 Å². The van der Waals surface area contributed by atoms with E-state index in [1.54, 1.807) is 67.4 Å². The Bertz CT molecular complexity index is 935. The Morgan fingerprint density at radius 1 is 1.07 bits per heavy atom. The number of benzene rings is 2. The van der Waals surface area contributed by atoms with Crippen LogP contribution in [0.2, 0.25) is 0 Å². The van der Waals surface area contributed by atoms with Crippen molar-refractivity contribution < 1.29 is 17.9 Å². The maximum Gasteiger partial charge on any atom is 0.264 e. The van der Waals surface area contributed by atoms with E-state index >= 15 is 0 Å². The summed E-state index contributed by atoms with van der Waals surface area (Å²) in [6.07, 6.45) is 0. The molecule has 8 heteroatoms. The Morgan fingerprint density at radius 2 is 1.67 bits per heavy atom. The summed E-state index contributed by atoms with van der Waals surface area (Å²) < 4.78 is 33.0. The summed E-state index contributed by atoms with van der Waals surface area (Å²) in [5.74, 6) is 1.01. The summed E-state index contributed by atoms with van der Waals surface area (Å²) in [6, 6.07) is 13.2. The summed E-state index contributed by atoms with van der Waals surface area (Å²) >= 11 is 1.74. The maximum atomic E-state index is 13.3. The highest BCUT2D eigenvalue weighted by Crippen LogP contribution is 2.26. The van der Waals surface area contributed by atoms with Crippen LogP contribution in [0.3, 0.4) is 0 Å². The molecule has 0 aromatic heterocycles. The molecule has 0 bridgehead atoms. The Morgan fingerprint density at radius 3 is 2.20 bits per heavy atom. The van der Waals surface area contributed by atoms with Crippen molar-refractivity contribution in [1.29, 1.82) is 0 Å². The Hall–Kier alpha value is -2.19. The van der Waals surface area contributed by atoms with Crippen molar-refractivity contribution in [2.75, 3.05) is 30.3 Å². The van der Waals surface area contributed by atoms with Crippen LogP contribution in [0.25, 0.3) is 0 Å². The number of sulfonamides is 1. The van der Waals surface area contributed by atoms with Gasteiger partial charge in [0, 0.05) is 17.0 Å². The topological polar surface area (TPSA) is 75.7 Å². The number of rotatable bonds is 9. The van der Waals surface area contributed by atoms with Gasteiger partial charge in [0.2, 0.25) is 5.91 Å². The number of amides is 1. The number of carbonyl (C=O) groups excluding carboxylic acids is 1. The minimum absolute atomic E-state index is 0.106. The minimum atomic E-state index is -3.91. The fraction of sp³-hybridized carbons (Fsp3) is 0.409. The van der Waals surface area contributed by atoms with Gasteiger partial charge in [0.1, 0.15) is 12.3 Å². The third kappa shape index (κ3) is 6.95. The van der Waals surface area contributed by atoms with Gasteiger partial charge in [-0.3, -0.25) is 9.10 Å². The summed E-state index contributed by atoms with van der Waals surface area (Å²) in [6.45, 7) is 8.39. The monoisotopic (exact) mass is 450 g/mol. The standard InChI is InChI=1S/C22H30N2O4S2/c1-17-6-12-20(13-7-17)30(26,27)24(18-8-10-19(28-5)11-9-18)16-21(25)23-14-15-29-22(2,3)4/h6-13H,14-16H2,1-5H3,(H,23,25). The van der Waals surface area contributed by atoms with Gasteiger partial charge in [0.25, 0.3) is 10.0 Å². The molecule has 0 radical (unpaired) electrons. The summed E-state index contributed by atoms with van der Waals surface area (Å²) in [5.41, 5.74) is 1.36. The predicted octanol–water partition coefficient (Wildman–Crippen LogP) is 3.85. The van der Waals surface area contributed by atoms with E-state index < -0.39 is 10.0 Å². The lowest BCUT2D eigenvalue weighted by molar-refractivity contribution is -0.119. The van der Waals surface area contributed by atoms with E-state index in [1.807, 2.05) is 6.92 Å². The largest absolute Gasteiger partial charge is 0.497 e.